The standard InChI is InChI=1S/C21H23ClN2O4S/c1-3-21(26)24-14(2)11-15-12-18(7-8-19(15)24)29(27,28)10-9-20(25)23-17-6-4-5-16(22)13-17/h4-8,12-14H,3,9-11H2,1-2H3,(H,23,25)/t14-/m1/s1. The van der Waals surface area contributed by atoms with Gasteiger partial charge in [0.25, 0.3) is 0 Å². The lowest BCUT2D eigenvalue weighted by Gasteiger charge is -2.22. The average molecular weight is 435 g/mol. The second-order valence-electron chi connectivity index (χ2n) is 7.09. The third-order valence-electron chi connectivity index (χ3n) is 4.90. The highest BCUT2D eigenvalue weighted by Crippen LogP contribution is 2.34. The number of hydrogen-bond acceptors (Lipinski definition) is 4. The minimum atomic E-state index is -3.63. The highest BCUT2D eigenvalue weighted by atomic mass is 35.5. The Balaban J connectivity index is 1.70. The highest BCUT2D eigenvalue weighted by Gasteiger charge is 2.31. The maximum atomic E-state index is 12.7. The van der Waals surface area contributed by atoms with Gasteiger partial charge < -0.3 is 10.2 Å². The first-order valence-electron chi connectivity index (χ1n) is 9.44. The smallest absolute Gasteiger partial charge is 0.226 e. The fourth-order valence-corrected chi connectivity index (χ4v) is 4.96. The summed E-state index contributed by atoms with van der Waals surface area (Å²) in [6, 6.07) is 11.5. The van der Waals surface area contributed by atoms with Crippen molar-refractivity contribution in [1.82, 2.24) is 0 Å². The van der Waals surface area contributed by atoms with Crippen LogP contribution in [0.3, 0.4) is 0 Å². The van der Waals surface area contributed by atoms with Crippen LogP contribution in [0.4, 0.5) is 11.4 Å². The van der Waals surface area contributed by atoms with E-state index in [4.69, 9.17) is 11.6 Å². The number of fused-ring (bicyclic) bond motifs is 1. The maximum Gasteiger partial charge on any atom is 0.226 e. The third-order valence-corrected chi connectivity index (χ3v) is 6.85. The molecular weight excluding hydrogens is 412 g/mol. The molecular formula is C21H23ClN2O4S. The van der Waals surface area contributed by atoms with E-state index in [1.54, 1.807) is 48.2 Å². The fraction of sp³-hybridized carbons (Fsp3) is 0.333. The minimum absolute atomic E-state index is 0.00104. The molecule has 2 aromatic rings. The predicted octanol–water partition coefficient (Wildman–Crippen LogP) is 3.83. The summed E-state index contributed by atoms with van der Waals surface area (Å²) >= 11 is 5.88. The van der Waals surface area contributed by atoms with Crippen molar-refractivity contribution in [1.29, 1.82) is 0 Å². The Labute approximate surface area is 175 Å². The summed E-state index contributed by atoms with van der Waals surface area (Å²) in [7, 11) is -3.63. The van der Waals surface area contributed by atoms with E-state index < -0.39 is 15.7 Å². The largest absolute Gasteiger partial charge is 0.326 e. The van der Waals surface area contributed by atoms with Gasteiger partial charge in [0, 0.05) is 35.3 Å². The third kappa shape index (κ3) is 4.79. The highest BCUT2D eigenvalue weighted by molar-refractivity contribution is 7.91. The molecule has 1 N–H and O–H groups in total. The molecule has 0 spiro atoms. The molecule has 0 fully saturated rings. The number of nitrogens with one attached hydrogen (secondary N) is 1. The fourth-order valence-electron chi connectivity index (χ4n) is 3.49. The zero-order valence-corrected chi connectivity index (χ0v) is 17.9. The van der Waals surface area contributed by atoms with Gasteiger partial charge in [-0.05, 0) is 55.3 Å². The summed E-state index contributed by atoms with van der Waals surface area (Å²) in [5, 5.41) is 3.13. The number of carbonyl (C=O) groups excluding carboxylic acids is 2. The molecule has 0 saturated heterocycles. The Morgan fingerprint density at radius 3 is 2.66 bits per heavy atom. The Bertz CT molecular complexity index is 1050. The number of halogens is 1. The Hall–Kier alpha value is -2.38. The summed E-state index contributed by atoms with van der Waals surface area (Å²) in [4.78, 5) is 26.2. The minimum Gasteiger partial charge on any atom is -0.326 e. The van der Waals surface area contributed by atoms with Crippen LogP contribution in [0.25, 0.3) is 0 Å². The summed E-state index contributed by atoms with van der Waals surface area (Å²) in [6.45, 7) is 3.75. The van der Waals surface area contributed by atoms with E-state index in [0.717, 1.165) is 11.3 Å². The van der Waals surface area contributed by atoms with Crippen LogP contribution in [0, 0.1) is 0 Å². The van der Waals surface area contributed by atoms with Gasteiger partial charge in [-0.3, -0.25) is 9.59 Å². The Kier molecular flexibility index (Phi) is 6.29. The summed E-state index contributed by atoms with van der Waals surface area (Å²) in [5.74, 6) is -0.680. The van der Waals surface area contributed by atoms with Gasteiger partial charge in [0.1, 0.15) is 0 Å². The summed E-state index contributed by atoms with van der Waals surface area (Å²) in [6.07, 6.45) is 0.841. The van der Waals surface area contributed by atoms with Crippen LogP contribution < -0.4 is 10.2 Å². The number of carbonyl (C=O) groups is 2. The van der Waals surface area contributed by atoms with Crippen LogP contribution in [0.15, 0.2) is 47.4 Å². The second kappa shape index (κ2) is 8.55. The molecule has 29 heavy (non-hydrogen) atoms. The van der Waals surface area contributed by atoms with Crippen molar-refractivity contribution in [2.75, 3.05) is 16.0 Å². The molecule has 0 unspecified atom stereocenters. The quantitative estimate of drug-likeness (QED) is 0.748. The van der Waals surface area contributed by atoms with Gasteiger partial charge in [-0.15, -0.1) is 0 Å². The predicted molar refractivity (Wildman–Crippen MR) is 114 cm³/mol. The molecule has 0 aliphatic carbocycles. The summed E-state index contributed by atoms with van der Waals surface area (Å²) < 4.78 is 25.4. The van der Waals surface area contributed by atoms with Crippen LogP contribution in [-0.4, -0.2) is 32.0 Å². The molecule has 154 valence electrons. The van der Waals surface area contributed by atoms with Gasteiger partial charge in [0.05, 0.1) is 10.6 Å². The molecule has 2 aromatic carbocycles. The number of sulfone groups is 1. The first kappa shape index (κ1) is 21.3. The normalized spacial score (nSPS) is 15.8. The van der Waals surface area contributed by atoms with Crippen LogP contribution in [0.1, 0.15) is 32.3 Å². The van der Waals surface area contributed by atoms with Gasteiger partial charge in [-0.25, -0.2) is 8.42 Å². The molecule has 1 aliphatic heterocycles. The number of benzene rings is 2. The molecule has 0 aromatic heterocycles. The van der Waals surface area contributed by atoms with E-state index in [0.29, 0.717) is 23.6 Å². The van der Waals surface area contributed by atoms with Gasteiger partial charge in [0.2, 0.25) is 11.8 Å². The van der Waals surface area contributed by atoms with Gasteiger partial charge in [0.15, 0.2) is 9.84 Å². The van der Waals surface area contributed by atoms with E-state index in [1.807, 2.05) is 6.92 Å². The van der Waals surface area contributed by atoms with Crippen molar-refractivity contribution in [3.05, 3.63) is 53.1 Å². The molecule has 0 radical (unpaired) electrons. The van der Waals surface area contributed by atoms with Crippen LogP contribution in [0.5, 0.6) is 0 Å². The van der Waals surface area contributed by atoms with Crippen molar-refractivity contribution in [3.8, 4) is 0 Å². The molecule has 1 aliphatic rings. The lowest BCUT2D eigenvalue weighted by molar-refractivity contribution is -0.118. The first-order chi connectivity index (χ1) is 13.7. The molecule has 6 nitrogen and oxygen atoms in total. The van der Waals surface area contributed by atoms with Crippen LogP contribution >= 0.6 is 11.6 Å². The van der Waals surface area contributed by atoms with E-state index in [2.05, 4.69) is 5.32 Å². The Morgan fingerprint density at radius 1 is 1.21 bits per heavy atom. The maximum absolute atomic E-state index is 12.7. The van der Waals surface area contributed by atoms with Gasteiger partial charge in [-0.2, -0.15) is 0 Å². The summed E-state index contributed by atoms with van der Waals surface area (Å²) in [5.41, 5.74) is 2.12. The zero-order valence-electron chi connectivity index (χ0n) is 16.3. The molecule has 3 rings (SSSR count). The SMILES string of the molecule is CCC(=O)N1c2ccc(S(=O)(=O)CCC(=O)Nc3cccc(Cl)c3)cc2C[C@H]1C. The van der Waals surface area contributed by atoms with Crippen molar-refractivity contribution in [2.24, 2.45) is 0 Å². The first-order valence-corrected chi connectivity index (χ1v) is 11.5. The van der Waals surface area contributed by atoms with E-state index in [-0.39, 0.29) is 29.0 Å². The van der Waals surface area contributed by atoms with Gasteiger partial charge in [-0.1, -0.05) is 24.6 Å². The molecule has 1 atom stereocenters. The van der Waals surface area contributed by atoms with Crippen LogP contribution in [-0.2, 0) is 25.8 Å². The number of anilines is 2. The molecule has 0 bridgehead atoms. The number of rotatable bonds is 6. The van der Waals surface area contributed by atoms with E-state index >= 15 is 0 Å². The van der Waals surface area contributed by atoms with E-state index in [1.165, 1.54) is 6.07 Å². The van der Waals surface area contributed by atoms with Crippen molar-refractivity contribution >= 4 is 44.6 Å². The van der Waals surface area contributed by atoms with Crippen molar-refractivity contribution in [2.45, 2.75) is 44.0 Å². The van der Waals surface area contributed by atoms with Gasteiger partial charge >= 0.3 is 0 Å². The topological polar surface area (TPSA) is 83.6 Å². The molecule has 8 heteroatoms. The van der Waals surface area contributed by atoms with Crippen molar-refractivity contribution < 1.29 is 18.0 Å². The second-order valence-corrected chi connectivity index (χ2v) is 9.63. The molecule has 0 saturated carbocycles. The Morgan fingerprint density at radius 2 is 1.97 bits per heavy atom. The van der Waals surface area contributed by atoms with E-state index in [9.17, 15) is 18.0 Å². The lowest BCUT2D eigenvalue weighted by atomic mass is 10.1. The zero-order chi connectivity index (χ0) is 21.2. The monoisotopic (exact) mass is 434 g/mol. The van der Waals surface area contributed by atoms with Crippen LogP contribution in [0.2, 0.25) is 5.02 Å². The number of amides is 2. The molecule has 1 heterocycles. The number of hydrogen-bond donors (Lipinski definition) is 1. The van der Waals surface area contributed by atoms with Crippen molar-refractivity contribution in [3.63, 3.8) is 0 Å². The molecule has 2 amide bonds. The average Bonchev–Trinajstić information content (AvgIpc) is 3.01. The number of nitrogens with zero attached hydrogens (tertiary/aromatic N) is 1. The lowest BCUT2D eigenvalue weighted by Crippen LogP contribution is -2.35.